The highest BCUT2D eigenvalue weighted by Gasteiger charge is 2.19. The first kappa shape index (κ1) is 57.9. The molecule has 0 aliphatic heterocycles. The molecular formula is C55H94O6. The topological polar surface area (TPSA) is 78.9 Å². The lowest BCUT2D eigenvalue weighted by Gasteiger charge is -2.18. The second-order valence-electron chi connectivity index (χ2n) is 16.7. The third-order valence-corrected chi connectivity index (χ3v) is 10.7. The van der Waals surface area contributed by atoms with Crippen molar-refractivity contribution in [2.45, 2.75) is 245 Å². The van der Waals surface area contributed by atoms with Crippen molar-refractivity contribution in [1.29, 1.82) is 0 Å². The molecule has 6 heteroatoms. The van der Waals surface area contributed by atoms with Crippen LogP contribution in [0.5, 0.6) is 0 Å². The molecule has 0 bridgehead atoms. The Balaban J connectivity index is 4.41. The van der Waals surface area contributed by atoms with E-state index in [1.165, 1.54) is 89.9 Å². The second-order valence-corrected chi connectivity index (χ2v) is 16.7. The summed E-state index contributed by atoms with van der Waals surface area (Å²) in [6.07, 6.45) is 61.7. The van der Waals surface area contributed by atoms with E-state index in [0.29, 0.717) is 12.8 Å². The Morgan fingerprint density at radius 1 is 0.344 bits per heavy atom. The molecule has 0 aromatic heterocycles. The predicted octanol–water partition coefficient (Wildman–Crippen LogP) is 16.6. The van der Waals surface area contributed by atoms with Crippen LogP contribution in [0.4, 0.5) is 0 Å². The fourth-order valence-corrected chi connectivity index (χ4v) is 6.82. The van der Waals surface area contributed by atoms with Gasteiger partial charge in [-0.2, -0.15) is 0 Å². The Kier molecular flexibility index (Phi) is 46.9. The first-order chi connectivity index (χ1) is 30.0. The summed E-state index contributed by atoms with van der Waals surface area (Å²) >= 11 is 0. The number of unbranched alkanes of at least 4 members (excludes halogenated alkanes) is 22. The molecule has 61 heavy (non-hydrogen) atoms. The Labute approximate surface area is 376 Å². The van der Waals surface area contributed by atoms with E-state index < -0.39 is 6.10 Å². The summed E-state index contributed by atoms with van der Waals surface area (Å²) in [5, 5.41) is 0. The van der Waals surface area contributed by atoms with E-state index in [-0.39, 0.29) is 37.5 Å². The molecule has 0 saturated carbocycles. The fourth-order valence-electron chi connectivity index (χ4n) is 6.82. The molecule has 0 heterocycles. The minimum Gasteiger partial charge on any atom is -0.462 e. The van der Waals surface area contributed by atoms with Crippen molar-refractivity contribution >= 4 is 17.9 Å². The molecule has 0 N–H and O–H groups in total. The molecule has 1 unspecified atom stereocenters. The maximum absolute atomic E-state index is 12.8. The molecule has 0 rings (SSSR count). The first-order valence-electron chi connectivity index (χ1n) is 25.4. The number of allylic oxidation sites excluding steroid dienone is 12. The Hall–Kier alpha value is -3.15. The van der Waals surface area contributed by atoms with Gasteiger partial charge in [-0.1, -0.05) is 190 Å². The minimum absolute atomic E-state index is 0.0944. The molecule has 0 fully saturated rings. The van der Waals surface area contributed by atoms with E-state index in [1.54, 1.807) is 0 Å². The van der Waals surface area contributed by atoms with Gasteiger partial charge in [0.1, 0.15) is 13.2 Å². The van der Waals surface area contributed by atoms with Crippen LogP contribution in [0.1, 0.15) is 239 Å². The molecule has 0 radical (unpaired) electrons. The van der Waals surface area contributed by atoms with Gasteiger partial charge in [-0.05, 0) is 103 Å². The maximum atomic E-state index is 12.8. The fraction of sp³-hybridized carbons (Fsp3) is 0.727. The number of hydrogen-bond acceptors (Lipinski definition) is 6. The normalized spacial score (nSPS) is 12.6. The smallest absolute Gasteiger partial charge is 0.306 e. The van der Waals surface area contributed by atoms with Gasteiger partial charge in [0, 0.05) is 19.3 Å². The van der Waals surface area contributed by atoms with Crippen LogP contribution in [0.3, 0.4) is 0 Å². The highest BCUT2D eigenvalue weighted by Crippen LogP contribution is 2.14. The number of carbonyl (C=O) groups is 3. The summed E-state index contributed by atoms with van der Waals surface area (Å²) in [5.41, 5.74) is 0. The number of hydrogen-bond donors (Lipinski definition) is 0. The van der Waals surface area contributed by atoms with Crippen molar-refractivity contribution < 1.29 is 28.6 Å². The second kappa shape index (κ2) is 49.5. The summed E-state index contributed by atoms with van der Waals surface area (Å²) in [4.78, 5) is 37.9. The molecule has 0 aliphatic carbocycles. The largest absolute Gasteiger partial charge is 0.462 e. The third-order valence-electron chi connectivity index (χ3n) is 10.7. The summed E-state index contributed by atoms with van der Waals surface area (Å²) in [6.45, 7) is 6.43. The van der Waals surface area contributed by atoms with Crippen LogP contribution in [0.25, 0.3) is 0 Å². The van der Waals surface area contributed by atoms with Gasteiger partial charge in [-0.15, -0.1) is 0 Å². The average molecular weight is 851 g/mol. The molecular weight excluding hydrogens is 757 g/mol. The lowest BCUT2D eigenvalue weighted by molar-refractivity contribution is -0.167. The van der Waals surface area contributed by atoms with Crippen LogP contribution in [0.2, 0.25) is 0 Å². The van der Waals surface area contributed by atoms with Crippen LogP contribution in [-0.2, 0) is 28.6 Å². The Bertz CT molecular complexity index is 1160. The Morgan fingerprint density at radius 3 is 1.08 bits per heavy atom. The van der Waals surface area contributed by atoms with E-state index in [1.807, 2.05) is 0 Å². The van der Waals surface area contributed by atoms with Crippen molar-refractivity contribution in [2.24, 2.45) is 0 Å². The third kappa shape index (κ3) is 47.7. The van der Waals surface area contributed by atoms with Crippen molar-refractivity contribution in [3.8, 4) is 0 Å². The highest BCUT2D eigenvalue weighted by molar-refractivity contribution is 5.71. The SMILES string of the molecule is CC/C=C\C/C=C\C/C=C\C/C=C\CCCCCC(=O)OC(COC(=O)CCCCCC/C=C\CCCC)COC(=O)CCCCCCCCC/C=C\CCCCCCCC. The lowest BCUT2D eigenvalue weighted by Crippen LogP contribution is -2.30. The summed E-state index contributed by atoms with van der Waals surface area (Å²) in [5.74, 6) is -0.944. The summed E-state index contributed by atoms with van der Waals surface area (Å²) in [6, 6.07) is 0. The first-order valence-corrected chi connectivity index (χ1v) is 25.4. The molecule has 0 aromatic rings. The van der Waals surface area contributed by atoms with Crippen LogP contribution in [0.15, 0.2) is 72.9 Å². The van der Waals surface area contributed by atoms with Gasteiger partial charge in [0.05, 0.1) is 0 Å². The maximum Gasteiger partial charge on any atom is 0.306 e. The van der Waals surface area contributed by atoms with E-state index in [0.717, 1.165) is 109 Å². The molecule has 0 aromatic carbocycles. The van der Waals surface area contributed by atoms with Crippen molar-refractivity contribution in [3.63, 3.8) is 0 Å². The zero-order valence-electron chi connectivity index (χ0n) is 39.9. The zero-order valence-corrected chi connectivity index (χ0v) is 39.9. The van der Waals surface area contributed by atoms with Gasteiger partial charge < -0.3 is 14.2 Å². The standard InChI is InChI=1S/C55H94O6/c1-4-7-10-13-16-19-22-24-26-28-30-31-33-36-39-42-45-48-54(57)60-51-52(50-59-53(56)47-44-41-38-35-21-18-15-12-9-6-3)61-55(58)49-46-43-40-37-34-32-29-27-25-23-20-17-14-11-8-5-2/h8,11,15,17-18,20,24-27,32,34,52H,4-7,9-10,12-14,16,19,21-23,28-31,33,35-51H2,1-3H3/b11-8-,18-15-,20-17-,26-24-,27-25-,34-32-. The Morgan fingerprint density at radius 2 is 0.656 bits per heavy atom. The van der Waals surface area contributed by atoms with E-state index in [2.05, 4.69) is 93.7 Å². The van der Waals surface area contributed by atoms with Gasteiger partial charge in [-0.3, -0.25) is 14.4 Å². The minimum atomic E-state index is -0.797. The highest BCUT2D eigenvalue weighted by atomic mass is 16.6. The van der Waals surface area contributed by atoms with Gasteiger partial charge in [0.15, 0.2) is 6.10 Å². The van der Waals surface area contributed by atoms with Crippen LogP contribution in [-0.4, -0.2) is 37.2 Å². The van der Waals surface area contributed by atoms with Crippen LogP contribution in [0, 0.1) is 0 Å². The van der Waals surface area contributed by atoms with Gasteiger partial charge in [0.2, 0.25) is 0 Å². The number of rotatable bonds is 45. The molecule has 0 aliphatic rings. The molecule has 1 atom stereocenters. The summed E-state index contributed by atoms with van der Waals surface area (Å²) in [7, 11) is 0. The summed E-state index contributed by atoms with van der Waals surface area (Å²) < 4.78 is 16.7. The molecule has 6 nitrogen and oxygen atoms in total. The van der Waals surface area contributed by atoms with Gasteiger partial charge in [-0.25, -0.2) is 0 Å². The number of ether oxygens (including phenoxy) is 3. The molecule has 350 valence electrons. The monoisotopic (exact) mass is 851 g/mol. The zero-order chi connectivity index (χ0) is 44.4. The quantitative estimate of drug-likeness (QED) is 0.0263. The van der Waals surface area contributed by atoms with Gasteiger partial charge >= 0.3 is 17.9 Å². The van der Waals surface area contributed by atoms with Crippen LogP contribution < -0.4 is 0 Å². The molecule has 0 spiro atoms. The number of esters is 3. The lowest BCUT2D eigenvalue weighted by atomic mass is 10.1. The predicted molar refractivity (Wildman–Crippen MR) is 261 cm³/mol. The van der Waals surface area contributed by atoms with Gasteiger partial charge in [0.25, 0.3) is 0 Å². The van der Waals surface area contributed by atoms with E-state index in [9.17, 15) is 14.4 Å². The van der Waals surface area contributed by atoms with E-state index in [4.69, 9.17) is 14.2 Å². The molecule has 0 saturated heterocycles. The molecule has 0 amide bonds. The van der Waals surface area contributed by atoms with Crippen molar-refractivity contribution in [1.82, 2.24) is 0 Å². The average Bonchev–Trinajstić information content (AvgIpc) is 3.26. The van der Waals surface area contributed by atoms with Crippen molar-refractivity contribution in [2.75, 3.05) is 13.2 Å². The van der Waals surface area contributed by atoms with Crippen LogP contribution >= 0.6 is 0 Å². The number of carbonyl (C=O) groups excluding carboxylic acids is 3. The van der Waals surface area contributed by atoms with E-state index >= 15 is 0 Å². The van der Waals surface area contributed by atoms with Crippen molar-refractivity contribution in [3.05, 3.63) is 72.9 Å².